The third-order valence-corrected chi connectivity index (χ3v) is 5.72. The van der Waals surface area contributed by atoms with Crippen molar-refractivity contribution < 1.29 is 9.90 Å². The second-order valence-corrected chi connectivity index (χ2v) is 8.08. The SMILES string of the molecule is CC(C)NC(=O)[C@H]1CN2CC[C@@H]1C[C@@H]2Cn1cc(-c2cccc(O)c2)nn1. The molecule has 2 aromatic rings. The van der Waals surface area contributed by atoms with Crippen LogP contribution in [0.1, 0.15) is 26.7 Å². The van der Waals surface area contributed by atoms with E-state index in [0.717, 1.165) is 43.7 Å². The Morgan fingerprint density at radius 2 is 2.26 bits per heavy atom. The van der Waals surface area contributed by atoms with Crippen LogP contribution < -0.4 is 5.32 Å². The number of phenols is 1. The van der Waals surface area contributed by atoms with Crippen LogP contribution in [-0.2, 0) is 11.3 Å². The largest absolute Gasteiger partial charge is 0.508 e. The quantitative estimate of drug-likeness (QED) is 0.841. The van der Waals surface area contributed by atoms with Crippen molar-refractivity contribution in [3.8, 4) is 17.0 Å². The molecule has 0 radical (unpaired) electrons. The summed E-state index contributed by atoms with van der Waals surface area (Å²) >= 11 is 0. The van der Waals surface area contributed by atoms with E-state index in [9.17, 15) is 9.90 Å². The maximum atomic E-state index is 12.5. The summed E-state index contributed by atoms with van der Waals surface area (Å²) in [5.41, 5.74) is 1.62. The number of carbonyl (C=O) groups excluding carboxylic acids is 1. The highest BCUT2D eigenvalue weighted by molar-refractivity contribution is 5.79. The zero-order chi connectivity index (χ0) is 19.0. The van der Waals surface area contributed by atoms with E-state index in [1.165, 1.54) is 0 Å². The van der Waals surface area contributed by atoms with Crippen LogP contribution in [0.25, 0.3) is 11.3 Å². The van der Waals surface area contributed by atoms with Crippen molar-refractivity contribution in [1.29, 1.82) is 0 Å². The monoisotopic (exact) mass is 369 g/mol. The number of piperidine rings is 3. The van der Waals surface area contributed by atoms with E-state index >= 15 is 0 Å². The summed E-state index contributed by atoms with van der Waals surface area (Å²) < 4.78 is 1.88. The predicted molar refractivity (Wildman–Crippen MR) is 102 cm³/mol. The number of carbonyl (C=O) groups is 1. The molecule has 4 heterocycles. The lowest BCUT2D eigenvalue weighted by Gasteiger charge is -2.49. The van der Waals surface area contributed by atoms with E-state index in [-0.39, 0.29) is 23.6 Å². The summed E-state index contributed by atoms with van der Waals surface area (Å²) in [7, 11) is 0. The van der Waals surface area contributed by atoms with Crippen molar-refractivity contribution in [2.45, 2.75) is 45.3 Å². The average Bonchev–Trinajstić information content (AvgIpc) is 3.10. The Labute approximate surface area is 159 Å². The summed E-state index contributed by atoms with van der Waals surface area (Å²) in [5.74, 6) is 0.984. The fourth-order valence-electron chi connectivity index (χ4n) is 4.42. The minimum absolute atomic E-state index is 0.107. The molecule has 4 atom stereocenters. The van der Waals surface area contributed by atoms with Crippen molar-refractivity contribution in [1.82, 2.24) is 25.2 Å². The molecule has 1 aromatic heterocycles. The van der Waals surface area contributed by atoms with Gasteiger partial charge in [-0.2, -0.15) is 0 Å². The number of hydrogen-bond acceptors (Lipinski definition) is 5. The molecule has 7 nitrogen and oxygen atoms in total. The van der Waals surface area contributed by atoms with Crippen molar-refractivity contribution >= 4 is 5.91 Å². The lowest BCUT2D eigenvalue weighted by molar-refractivity contribution is -0.133. The Morgan fingerprint density at radius 3 is 2.96 bits per heavy atom. The first-order chi connectivity index (χ1) is 13.0. The van der Waals surface area contributed by atoms with Crippen LogP contribution in [0.4, 0.5) is 0 Å². The van der Waals surface area contributed by atoms with Crippen LogP contribution in [0.2, 0.25) is 0 Å². The number of amides is 1. The Kier molecular flexibility index (Phi) is 4.86. The summed E-state index contributed by atoms with van der Waals surface area (Å²) in [6.45, 7) is 6.69. The van der Waals surface area contributed by atoms with Gasteiger partial charge in [0.1, 0.15) is 11.4 Å². The normalized spacial score (nSPS) is 27.1. The number of aromatic nitrogens is 3. The predicted octanol–water partition coefficient (Wildman–Crippen LogP) is 1.89. The fraction of sp³-hybridized carbons (Fsp3) is 0.550. The van der Waals surface area contributed by atoms with Crippen molar-refractivity contribution in [2.75, 3.05) is 13.1 Å². The van der Waals surface area contributed by atoms with Crippen LogP contribution in [-0.4, -0.2) is 56.1 Å². The van der Waals surface area contributed by atoms with Gasteiger partial charge in [-0.25, -0.2) is 0 Å². The van der Waals surface area contributed by atoms with Gasteiger partial charge in [0, 0.05) is 24.2 Å². The Hall–Kier alpha value is -2.41. The molecule has 0 aliphatic carbocycles. The van der Waals surface area contributed by atoms with Crippen molar-refractivity contribution in [3.63, 3.8) is 0 Å². The third-order valence-electron chi connectivity index (χ3n) is 5.72. The van der Waals surface area contributed by atoms with Gasteiger partial charge in [-0.05, 0) is 51.3 Å². The van der Waals surface area contributed by atoms with E-state index < -0.39 is 0 Å². The molecule has 1 unspecified atom stereocenters. The van der Waals surface area contributed by atoms with Gasteiger partial charge in [0.2, 0.25) is 5.91 Å². The molecule has 5 rings (SSSR count). The molecule has 1 amide bonds. The van der Waals surface area contributed by atoms with E-state index in [2.05, 4.69) is 20.5 Å². The van der Waals surface area contributed by atoms with E-state index in [0.29, 0.717) is 12.0 Å². The minimum atomic E-state index is 0.107. The van der Waals surface area contributed by atoms with Gasteiger partial charge in [0.25, 0.3) is 0 Å². The molecular formula is C20H27N5O2. The Bertz CT molecular complexity index is 818. The van der Waals surface area contributed by atoms with Gasteiger partial charge in [-0.1, -0.05) is 17.3 Å². The van der Waals surface area contributed by atoms with Gasteiger partial charge in [-0.15, -0.1) is 5.10 Å². The third kappa shape index (κ3) is 3.83. The molecule has 3 aliphatic rings. The summed E-state index contributed by atoms with van der Waals surface area (Å²) in [6, 6.07) is 7.64. The summed E-state index contributed by atoms with van der Waals surface area (Å²) in [5, 5.41) is 21.2. The zero-order valence-electron chi connectivity index (χ0n) is 15.9. The number of hydrogen-bond donors (Lipinski definition) is 2. The Balaban J connectivity index is 1.41. The number of nitrogens with one attached hydrogen (secondary N) is 1. The fourth-order valence-corrected chi connectivity index (χ4v) is 4.42. The first-order valence-electron chi connectivity index (χ1n) is 9.73. The topological polar surface area (TPSA) is 83.3 Å². The molecule has 7 heteroatoms. The minimum Gasteiger partial charge on any atom is -0.508 e. The molecule has 3 aliphatic heterocycles. The number of nitrogens with zero attached hydrogens (tertiary/aromatic N) is 4. The average molecular weight is 369 g/mol. The molecular weight excluding hydrogens is 342 g/mol. The highest BCUT2D eigenvalue weighted by Crippen LogP contribution is 2.37. The van der Waals surface area contributed by atoms with E-state index in [4.69, 9.17) is 0 Å². The standard InChI is InChI=1S/C20H27N5O2/c1-13(2)21-20(27)18-11-24-7-6-14(18)8-16(24)10-25-12-19(22-23-25)15-4-3-5-17(26)9-15/h3-5,9,12-14,16,18,26H,6-8,10-11H2,1-2H3,(H,21,27)/t14-,16-,18+/m1/s1. The number of rotatable bonds is 5. The van der Waals surface area contributed by atoms with Gasteiger partial charge >= 0.3 is 0 Å². The molecule has 0 saturated carbocycles. The van der Waals surface area contributed by atoms with Crippen molar-refractivity contribution in [3.05, 3.63) is 30.5 Å². The maximum absolute atomic E-state index is 12.5. The van der Waals surface area contributed by atoms with Crippen LogP contribution in [0.5, 0.6) is 5.75 Å². The highest BCUT2D eigenvalue weighted by Gasteiger charge is 2.43. The number of benzene rings is 1. The maximum Gasteiger partial charge on any atom is 0.224 e. The number of aromatic hydroxyl groups is 1. The van der Waals surface area contributed by atoms with Crippen molar-refractivity contribution in [2.24, 2.45) is 11.8 Å². The molecule has 27 heavy (non-hydrogen) atoms. The molecule has 3 fully saturated rings. The van der Waals surface area contributed by atoms with Gasteiger partial charge in [0.15, 0.2) is 0 Å². The second-order valence-electron chi connectivity index (χ2n) is 8.08. The summed E-state index contributed by atoms with van der Waals surface area (Å²) in [4.78, 5) is 14.9. The van der Waals surface area contributed by atoms with Crippen LogP contribution in [0.3, 0.4) is 0 Å². The first kappa shape index (κ1) is 18.0. The van der Waals surface area contributed by atoms with E-state index in [1.54, 1.807) is 18.2 Å². The molecule has 2 bridgehead atoms. The van der Waals surface area contributed by atoms with Crippen LogP contribution in [0, 0.1) is 11.8 Å². The number of fused-ring (bicyclic) bond motifs is 3. The summed E-state index contributed by atoms with van der Waals surface area (Å²) in [6.07, 6.45) is 4.05. The molecule has 1 aromatic carbocycles. The van der Waals surface area contributed by atoms with Crippen LogP contribution >= 0.6 is 0 Å². The van der Waals surface area contributed by atoms with E-state index in [1.807, 2.05) is 30.8 Å². The number of phenolic OH excluding ortho intramolecular Hbond substituents is 1. The lowest BCUT2D eigenvalue weighted by Crippen LogP contribution is -2.58. The smallest absolute Gasteiger partial charge is 0.224 e. The van der Waals surface area contributed by atoms with Crippen LogP contribution in [0.15, 0.2) is 30.5 Å². The second kappa shape index (κ2) is 7.31. The molecule has 144 valence electrons. The highest BCUT2D eigenvalue weighted by atomic mass is 16.3. The van der Waals surface area contributed by atoms with Gasteiger partial charge < -0.3 is 10.4 Å². The molecule has 3 saturated heterocycles. The van der Waals surface area contributed by atoms with Gasteiger partial charge in [-0.3, -0.25) is 14.4 Å². The Morgan fingerprint density at radius 1 is 1.41 bits per heavy atom. The molecule has 2 N–H and O–H groups in total. The molecule has 0 spiro atoms. The zero-order valence-corrected chi connectivity index (χ0v) is 15.9. The lowest BCUT2D eigenvalue weighted by atomic mass is 9.75. The first-order valence-corrected chi connectivity index (χ1v) is 9.73. The van der Waals surface area contributed by atoms with Gasteiger partial charge in [0.05, 0.1) is 18.7 Å².